The summed E-state index contributed by atoms with van der Waals surface area (Å²) < 4.78 is 0. The van der Waals surface area contributed by atoms with Crippen LogP contribution in [0.2, 0.25) is 0 Å². The molecule has 2 aliphatic carbocycles. The van der Waals surface area contributed by atoms with E-state index in [2.05, 4.69) is 0 Å². The van der Waals surface area contributed by atoms with Crippen LogP contribution in [0.15, 0.2) is 0 Å². The fourth-order valence-electron chi connectivity index (χ4n) is 3.02. The lowest BCUT2D eigenvalue weighted by molar-refractivity contribution is -0.163. The van der Waals surface area contributed by atoms with Gasteiger partial charge in [0.1, 0.15) is 0 Å². The molecular weight excluding hydrogens is 194 g/mol. The van der Waals surface area contributed by atoms with E-state index in [4.69, 9.17) is 5.11 Å². The maximum absolute atomic E-state index is 11.6. The smallest absolute Gasteiger partial charge is 0.306 e. The highest BCUT2D eigenvalue weighted by Gasteiger charge is 2.56. The summed E-state index contributed by atoms with van der Waals surface area (Å²) in [4.78, 5) is 23.9. The second kappa shape index (κ2) is 3.22. The monoisotopic (exact) mass is 211 g/mol. The Kier molecular flexibility index (Phi) is 2.24. The van der Waals surface area contributed by atoms with Gasteiger partial charge < -0.3 is 10.0 Å². The zero-order chi connectivity index (χ0) is 11.2. The molecule has 84 valence electrons. The van der Waals surface area contributed by atoms with Crippen molar-refractivity contribution in [2.24, 2.45) is 17.3 Å². The van der Waals surface area contributed by atoms with Crippen LogP contribution < -0.4 is 0 Å². The average molecular weight is 211 g/mol. The van der Waals surface area contributed by atoms with E-state index in [1.807, 2.05) is 0 Å². The molecule has 1 N–H and O–H groups in total. The summed E-state index contributed by atoms with van der Waals surface area (Å²) >= 11 is 0. The highest BCUT2D eigenvalue weighted by Crippen LogP contribution is 2.61. The molecule has 0 bridgehead atoms. The van der Waals surface area contributed by atoms with Crippen LogP contribution in [-0.4, -0.2) is 36.0 Å². The van der Waals surface area contributed by atoms with Crippen LogP contribution in [-0.2, 0) is 9.59 Å². The molecule has 0 radical (unpaired) electrons. The van der Waals surface area contributed by atoms with E-state index in [-0.39, 0.29) is 23.2 Å². The van der Waals surface area contributed by atoms with Crippen molar-refractivity contribution in [2.75, 3.05) is 14.1 Å². The third kappa shape index (κ3) is 1.62. The second-order valence-corrected chi connectivity index (χ2v) is 5.28. The number of carboxylic acids is 1. The maximum atomic E-state index is 11.6. The maximum Gasteiger partial charge on any atom is 0.306 e. The molecule has 2 saturated carbocycles. The van der Waals surface area contributed by atoms with Gasteiger partial charge in [0.05, 0.1) is 5.92 Å². The number of amides is 1. The molecule has 4 nitrogen and oxygen atoms in total. The van der Waals surface area contributed by atoms with Gasteiger partial charge in [-0.3, -0.25) is 9.59 Å². The van der Waals surface area contributed by atoms with Crippen LogP contribution in [0.4, 0.5) is 0 Å². The van der Waals surface area contributed by atoms with Crippen molar-refractivity contribution in [1.82, 2.24) is 4.90 Å². The number of nitrogens with zero attached hydrogens (tertiary/aromatic N) is 1. The zero-order valence-corrected chi connectivity index (χ0v) is 9.19. The molecule has 1 spiro atoms. The van der Waals surface area contributed by atoms with Crippen molar-refractivity contribution in [3.05, 3.63) is 0 Å². The van der Waals surface area contributed by atoms with Crippen molar-refractivity contribution in [2.45, 2.75) is 25.7 Å². The van der Waals surface area contributed by atoms with E-state index in [0.717, 1.165) is 25.7 Å². The van der Waals surface area contributed by atoms with Crippen molar-refractivity contribution in [1.29, 1.82) is 0 Å². The van der Waals surface area contributed by atoms with Gasteiger partial charge in [0.15, 0.2) is 0 Å². The van der Waals surface area contributed by atoms with Crippen LogP contribution in [0.5, 0.6) is 0 Å². The van der Waals surface area contributed by atoms with E-state index >= 15 is 0 Å². The van der Waals surface area contributed by atoms with Crippen molar-refractivity contribution in [3.8, 4) is 0 Å². The van der Waals surface area contributed by atoms with Crippen molar-refractivity contribution >= 4 is 11.9 Å². The van der Waals surface area contributed by atoms with Crippen LogP contribution in [0, 0.1) is 17.3 Å². The molecule has 1 amide bonds. The Labute approximate surface area is 89.3 Å². The molecule has 0 unspecified atom stereocenters. The first-order chi connectivity index (χ1) is 6.93. The van der Waals surface area contributed by atoms with E-state index in [1.54, 1.807) is 19.0 Å². The molecular formula is C11H17NO3. The summed E-state index contributed by atoms with van der Waals surface area (Å²) in [5.41, 5.74) is 0.208. The molecule has 0 aromatic carbocycles. The van der Waals surface area contributed by atoms with E-state index in [0.29, 0.717) is 0 Å². The molecule has 0 aromatic rings. The summed E-state index contributed by atoms with van der Waals surface area (Å²) in [6, 6.07) is 0. The number of hydrogen-bond acceptors (Lipinski definition) is 2. The lowest BCUT2D eigenvalue weighted by atomic mass is 9.48. The van der Waals surface area contributed by atoms with Gasteiger partial charge in [0.25, 0.3) is 0 Å². The van der Waals surface area contributed by atoms with Gasteiger partial charge in [-0.2, -0.15) is 0 Å². The van der Waals surface area contributed by atoms with Crippen LogP contribution >= 0.6 is 0 Å². The molecule has 2 rings (SSSR count). The number of carbonyl (C=O) groups is 2. The molecule has 0 saturated heterocycles. The van der Waals surface area contributed by atoms with Crippen LogP contribution in [0.3, 0.4) is 0 Å². The predicted molar refractivity (Wildman–Crippen MR) is 54.2 cm³/mol. The third-order valence-corrected chi connectivity index (χ3v) is 3.86. The number of carbonyl (C=O) groups excluding carboxylic acids is 1. The summed E-state index contributed by atoms with van der Waals surface area (Å²) in [6.45, 7) is 0. The van der Waals surface area contributed by atoms with E-state index in [1.165, 1.54) is 0 Å². The molecule has 0 heterocycles. The Morgan fingerprint density at radius 2 is 1.60 bits per heavy atom. The summed E-state index contributed by atoms with van der Waals surface area (Å²) in [7, 11) is 3.54. The second-order valence-electron chi connectivity index (χ2n) is 5.28. The fraction of sp³-hybridized carbons (Fsp3) is 0.818. The van der Waals surface area contributed by atoms with Crippen LogP contribution in [0.25, 0.3) is 0 Å². The van der Waals surface area contributed by atoms with E-state index < -0.39 is 5.97 Å². The minimum absolute atomic E-state index is 0.148. The Balaban J connectivity index is 1.80. The van der Waals surface area contributed by atoms with Gasteiger partial charge in [0.2, 0.25) is 5.91 Å². The Bertz CT molecular complexity index is 297. The first-order valence-corrected chi connectivity index (χ1v) is 5.37. The minimum atomic E-state index is -0.678. The summed E-state index contributed by atoms with van der Waals surface area (Å²) in [5, 5.41) is 8.77. The minimum Gasteiger partial charge on any atom is -0.481 e. The SMILES string of the molecule is CN(C)C(=O)C1CC2(CC(C(=O)O)C2)C1. The van der Waals surface area contributed by atoms with E-state index in [9.17, 15) is 9.59 Å². The number of carboxylic acid groups (broad SMARTS) is 1. The van der Waals surface area contributed by atoms with Gasteiger partial charge in [0, 0.05) is 20.0 Å². The summed E-state index contributed by atoms with van der Waals surface area (Å²) in [6.07, 6.45) is 3.35. The molecule has 0 aliphatic heterocycles. The molecule has 0 atom stereocenters. The van der Waals surface area contributed by atoms with Crippen molar-refractivity contribution < 1.29 is 14.7 Å². The lowest BCUT2D eigenvalue weighted by Crippen LogP contribution is -2.53. The highest BCUT2D eigenvalue weighted by molar-refractivity contribution is 5.80. The van der Waals surface area contributed by atoms with Gasteiger partial charge in [-0.05, 0) is 31.1 Å². The predicted octanol–water partition coefficient (Wildman–Crippen LogP) is 0.966. The van der Waals surface area contributed by atoms with Crippen molar-refractivity contribution in [3.63, 3.8) is 0 Å². The molecule has 2 aliphatic rings. The van der Waals surface area contributed by atoms with Gasteiger partial charge >= 0.3 is 5.97 Å². The van der Waals surface area contributed by atoms with Crippen LogP contribution in [0.1, 0.15) is 25.7 Å². The number of aliphatic carboxylic acids is 1. The normalized spacial score (nSPS) is 38.0. The van der Waals surface area contributed by atoms with Gasteiger partial charge in [-0.1, -0.05) is 0 Å². The topological polar surface area (TPSA) is 57.6 Å². The Morgan fingerprint density at radius 3 is 2.00 bits per heavy atom. The highest BCUT2D eigenvalue weighted by atomic mass is 16.4. The third-order valence-electron chi connectivity index (χ3n) is 3.86. The molecule has 15 heavy (non-hydrogen) atoms. The standard InChI is InChI=1S/C11H17NO3/c1-12(2)9(13)7-3-11(4-7)5-8(6-11)10(14)15/h7-8H,3-6H2,1-2H3,(H,14,15). The Morgan fingerprint density at radius 1 is 1.13 bits per heavy atom. The quantitative estimate of drug-likeness (QED) is 0.740. The number of hydrogen-bond donors (Lipinski definition) is 1. The first-order valence-electron chi connectivity index (χ1n) is 5.37. The van der Waals surface area contributed by atoms with Gasteiger partial charge in [-0.15, -0.1) is 0 Å². The summed E-state index contributed by atoms with van der Waals surface area (Å²) in [5.74, 6) is -0.488. The largest absolute Gasteiger partial charge is 0.481 e. The first kappa shape index (κ1) is 10.5. The fourth-order valence-corrected chi connectivity index (χ4v) is 3.02. The lowest BCUT2D eigenvalue weighted by Gasteiger charge is -2.56. The molecule has 2 fully saturated rings. The Hall–Kier alpha value is -1.06. The molecule has 0 aromatic heterocycles. The average Bonchev–Trinajstić information content (AvgIpc) is 1.97. The zero-order valence-electron chi connectivity index (χ0n) is 9.19. The number of rotatable bonds is 2. The van der Waals surface area contributed by atoms with Gasteiger partial charge in [-0.25, -0.2) is 0 Å². The molecule has 4 heteroatoms.